The summed E-state index contributed by atoms with van der Waals surface area (Å²) in [6, 6.07) is 16.8. The van der Waals surface area contributed by atoms with E-state index in [4.69, 9.17) is 21.4 Å². The predicted octanol–water partition coefficient (Wildman–Crippen LogP) is 6.98. The highest BCUT2D eigenvalue weighted by Gasteiger charge is 2.45. The van der Waals surface area contributed by atoms with Crippen LogP contribution in [0, 0.1) is 0 Å². The Morgan fingerprint density at radius 1 is 1.06 bits per heavy atom. The molecule has 4 nitrogen and oxygen atoms in total. The Hall–Kier alpha value is -2.05. The zero-order chi connectivity index (χ0) is 24.1. The molecule has 0 radical (unpaired) electrons. The molecule has 0 amide bonds. The number of thioether (sulfide) groups is 1. The van der Waals surface area contributed by atoms with Gasteiger partial charge >= 0.3 is 0 Å². The van der Waals surface area contributed by atoms with Gasteiger partial charge in [-0.15, -0.1) is 11.8 Å². The Bertz CT molecular complexity index is 1150. The van der Waals surface area contributed by atoms with Gasteiger partial charge in [0.25, 0.3) is 0 Å². The first-order valence-corrected chi connectivity index (χ1v) is 14.0. The summed E-state index contributed by atoms with van der Waals surface area (Å²) in [5, 5.41) is 13.6. The molecular weight excluding hydrogens is 476 g/mol. The fourth-order valence-corrected chi connectivity index (χ4v) is 5.61. The number of pyridine rings is 1. The minimum Gasteiger partial charge on any atom is -0.490 e. The van der Waals surface area contributed by atoms with Gasteiger partial charge < -0.3 is 15.2 Å². The molecule has 3 aromatic rings. The van der Waals surface area contributed by atoms with Crippen molar-refractivity contribution >= 4 is 23.4 Å². The van der Waals surface area contributed by atoms with Gasteiger partial charge in [-0.05, 0) is 91.3 Å². The molecule has 184 valence electrons. The number of hydrogen-bond donors (Lipinski definition) is 2. The molecule has 0 aliphatic heterocycles. The van der Waals surface area contributed by atoms with Crippen molar-refractivity contribution < 1.29 is 9.84 Å². The van der Waals surface area contributed by atoms with Crippen LogP contribution >= 0.6 is 23.4 Å². The molecule has 2 aromatic carbocycles. The zero-order valence-electron chi connectivity index (χ0n) is 20.0. The molecule has 2 fully saturated rings. The summed E-state index contributed by atoms with van der Waals surface area (Å²) >= 11 is 8.45. The second-order valence-corrected chi connectivity index (χ2v) is 11.1. The Morgan fingerprint density at radius 2 is 1.91 bits per heavy atom. The van der Waals surface area contributed by atoms with Gasteiger partial charge in [-0.25, -0.2) is 0 Å². The van der Waals surface area contributed by atoms with E-state index in [1.807, 2.05) is 36.3 Å². The fraction of sp³-hybridized carbons (Fsp3) is 0.414. The predicted molar refractivity (Wildman–Crippen MR) is 144 cm³/mol. The van der Waals surface area contributed by atoms with Crippen LogP contribution < -0.4 is 10.1 Å². The van der Waals surface area contributed by atoms with E-state index in [1.165, 1.54) is 16.0 Å². The van der Waals surface area contributed by atoms with E-state index in [-0.39, 0.29) is 12.1 Å². The first-order chi connectivity index (χ1) is 17.2. The van der Waals surface area contributed by atoms with Crippen molar-refractivity contribution in [1.82, 2.24) is 10.3 Å². The Kier molecular flexibility index (Phi) is 7.98. The number of halogens is 1. The maximum Gasteiger partial charge on any atom is 0.127 e. The van der Waals surface area contributed by atoms with Crippen LogP contribution in [0.2, 0.25) is 5.02 Å². The van der Waals surface area contributed by atoms with Gasteiger partial charge in [-0.1, -0.05) is 36.2 Å². The summed E-state index contributed by atoms with van der Waals surface area (Å²) in [5.74, 6) is 2.02. The van der Waals surface area contributed by atoms with Gasteiger partial charge in [0.05, 0.1) is 6.10 Å². The van der Waals surface area contributed by atoms with Crippen molar-refractivity contribution in [3.8, 4) is 16.9 Å². The number of rotatable bonds is 13. The molecule has 5 rings (SSSR count). The van der Waals surface area contributed by atoms with Crippen molar-refractivity contribution in [3.05, 3.63) is 77.1 Å². The van der Waals surface area contributed by atoms with Gasteiger partial charge in [0.1, 0.15) is 5.75 Å². The van der Waals surface area contributed by atoms with Crippen LogP contribution in [-0.2, 0) is 12.1 Å². The lowest BCUT2D eigenvalue weighted by atomic mass is 9.94. The van der Waals surface area contributed by atoms with Crippen molar-refractivity contribution in [1.29, 1.82) is 0 Å². The van der Waals surface area contributed by atoms with Gasteiger partial charge in [-0.3, -0.25) is 4.98 Å². The quantitative estimate of drug-likeness (QED) is 0.193. The Morgan fingerprint density at radius 3 is 2.71 bits per heavy atom. The summed E-state index contributed by atoms with van der Waals surface area (Å²) in [5.41, 5.74) is 4.60. The molecule has 0 saturated heterocycles. The molecule has 1 aromatic heterocycles. The highest BCUT2D eigenvalue weighted by Crippen LogP contribution is 2.50. The van der Waals surface area contributed by atoms with E-state index in [0.29, 0.717) is 12.6 Å². The van der Waals surface area contributed by atoms with Crippen molar-refractivity contribution in [3.63, 3.8) is 0 Å². The van der Waals surface area contributed by atoms with Crippen LogP contribution in [0.1, 0.15) is 56.1 Å². The second-order valence-electron chi connectivity index (χ2n) is 9.56. The summed E-state index contributed by atoms with van der Waals surface area (Å²) in [6.07, 6.45) is 11.7. The maximum absolute atomic E-state index is 8.96. The molecule has 0 atom stereocenters. The van der Waals surface area contributed by atoms with Crippen LogP contribution in [0.4, 0.5) is 0 Å². The maximum atomic E-state index is 8.96. The third-order valence-corrected chi connectivity index (χ3v) is 8.24. The topological polar surface area (TPSA) is 54.4 Å². The molecule has 2 saturated carbocycles. The molecule has 2 N–H and O–H groups in total. The van der Waals surface area contributed by atoms with E-state index in [1.54, 1.807) is 0 Å². The highest BCUT2D eigenvalue weighted by atomic mass is 35.5. The van der Waals surface area contributed by atoms with Crippen LogP contribution in [0.25, 0.3) is 11.1 Å². The minimum absolute atomic E-state index is 0.0902. The second kappa shape index (κ2) is 11.3. The third kappa shape index (κ3) is 6.21. The van der Waals surface area contributed by atoms with Crippen LogP contribution in [-0.4, -0.2) is 28.6 Å². The monoisotopic (exact) mass is 508 g/mol. The third-order valence-electron chi connectivity index (χ3n) is 6.79. The largest absolute Gasteiger partial charge is 0.490 e. The van der Waals surface area contributed by atoms with Crippen molar-refractivity contribution in [2.24, 2.45) is 0 Å². The number of aromatic nitrogens is 1. The molecule has 2 aliphatic rings. The summed E-state index contributed by atoms with van der Waals surface area (Å²) in [4.78, 5) is 5.74. The van der Waals surface area contributed by atoms with Crippen LogP contribution in [0.3, 0.4) is 0 Å². The number of ether oxygens (including phenoxy) is 1. The number of nitrogens with zero attached hydrogens (tertiary/aromatic N) is 1. The SMILES string of the molecule is OCCCCCSc1ccc(Cl)c(CNC2(c3cnccc3-c3ccccc3OC3CC3)CC2)c1. The first-order valence-electron chi connectivity index (χ1n) is 12.7. The number of aliphatic hydroxyl groups is 1. The van der Waals surface area contributed by atoms with E-state index in [9.17, 15) is 0 Å². The van der Waals surface area contributed by atoms with E-state index >= 15 is 0 Å². The van der Waals surface area contributed by atoms with Gasteiger partial charge in [-0.2, -0.15) is 0 Å². The average Bonchev–Trinajstić information content (AvgIpc) is 3.82. The fourth-order valence-electron chi connectivity index (χ4n) is 4.46. The molecule has 2 aliphatic carbocycles. The highest BCUT2D eigenvalue weighted by molar-refractivity contribution is 7.99. The van der Waals surface area contributed by atoms with Gasteiger partial charge in [0, 0.05) is 46.6 Å². The lowest BCUT2D eigenvalue weighted by Crippen LogP contribution is -2.29. The van der Waals surface area contributed by atoms with Crippen LogP contribution in [0.15, 0.2) is 65.8 Å². The number of benzene rings is 2. The summed E-state index contributed by atoms with van der Waals surface area (Å²) in [6.45, 7) is 0.993. The van der Waals surface area contributed by atoms with Crippen LogP contribution in [0.5, 0.6) is 5.75 Å². The Labute approximate surface area is 217 Å². The van der Waals surface area contributed by atoms with Gasteiger partial charge in [0.15, 0.2) is 0 Å². The average molecular weight is 509 g/mol. The molecule has 6 heteroatoms. The van der Waals surface area contributed by atoms with Gasteiger partial charge in [0.2, 0.25) is 0 Å². The molecular formula is C29H33ClN2O2S. The number of para-hydroxylation sites is 1. The molecule has 1 heterocycles. The van der Waals surface area contributed by atoms with Crippen molar-refractivity contribution in [2.45, 2.75) is 68.0 Å². The minimum atomic E-state index is -0.0902. The van der Waals surface area contributed by atoms with E-state index in [0.717, 1.165) is 72.6 Å². The lowest BCUT2D eigenvalue weighted by Gasteiger charge is -2.23. The van der Waals surface area contributed by atoms with E-state index in [2.05, 4.69) is 46.7 Å². The lowest BCUT2D eigenvalue weighted by molar-refractivity contribution is 0.284. The number of hydrogen-bond acceptors (Lipinski definition) is 5. The zero-order valence-corrected chi connectivity index (χ0v) is 21.6. The standard InChI is InChI=1S/C29H33ClN2O2S/c30-27-11-10-23(35-17-5-1-4-16-33)18-21(27)19-32-29(13-14-29)26-20-31-15-12-24(26)25-6-2-3-7-28(25)34-22-8-9-22/h2-3,6-7,10-12,15,18,20,22,32-33H,1,4-5,8-9,13-14,16-17,19H2. The molecule has 0 unspecified atom stereocenters. The Balaban J connectivity index is 1.31. The number of nitrogens with one attached hydrogen (secondary N) is 1. The molecule has 35 heavy (non-hydrogen) atoms. The number of unbranched alkanes of at least 4 members (excludes halogenated alkanes) is 2. The molecule has 0 bridgehead atoms. The number of aliphatic hydroxyl groups excluding tert-OH is 1. The van der Waals surface area contributed by atoms with Crippen molar-refractivity contribution in [2.75, 3.05) is 12.4 Å². The smallest absolute Gasteiger partial charge is 0.127 e. The first kappa shape index (κ1) is 24.6. The molecule has 0 spiro atoms. The normalized spacial score (nSPS) is 16.3. The summed E-state index contributed by atoms with van der Waals surface area (Å²) < 4.78 is 6.24. The van der Waals surface area contributed by atoms with E-state index < -0.39 is 0 Å². The summed E-state index contributed by atoms with van der Waals surface area (Å²) in [7, 11) is 0.